The number of fused-ring (bicyclic) bond motifs is 1. The number of urea groups is 1. The predicted octanol–water partition coefficient (Wildman–Crippen LogP) is 1.87. The molecular weight excluding hydrogens is 516 g/mol. The average molecular weight is 561 g/mol. The lowest BCUT2D eigenvalue weighted by atomic mass is 9.83. The number of ether oxygens (including phenoxy) is 2. The molecule has 3 atom stereocenters. The van der Waals surface area contributed by atoms with Crippen molar-refractivity contribution in [3.8, 4) is 11.5 Å². The number of hydrogen-bond donors (Lipinski definition) is 2. The summed E-state index contributed by atoms with van der Waals surface area (Å²) in [5, 5.41) is 19.9. The maximum absolute atomic E-state index is 13.5. The van der Waals surface area contributed by atoms with Gasteiger partial charge in [0.2, 0.25) is 5.91 Å². The van der Waals surface area contributed by atoms with Gasteiger partial charge in [-0.05, 0) is 30.9 Å². The third kappa shape index (κ3) is 6.46. The second-order valence-corrected chi connectivity index (χ2v) is 11.1. The number of carbonyl (C=O) groups excluding carboxylic acids is 2. The summed E-state index contributed by atoms with van der Waals surface area (Å²) in [6, 6.07) is 3.43. The molecule has 1 unspecified atom stereocenters. The van der Waals surface area contributed by atoms with E-state index in [1.54, 1.807) is 28.9 Å². The Balaban J connectivity index is 1.62. The van der Waals surface area contributed by atoms with Gasteiger partial charge in [-0.3, -0.25) is 14.5 Å². The minimum Gasteiger partial charge on any atom is -0.493 e. The second kappa shape index (κ2) is 13.5. The van der Waals surface area contributed by atoms with E-state index < -0.39 is 17.9 Å². The van der Waals surface area contributed by atoms with Gasteiger partial charge >= 0.3 is 12.0 Å². The fourth-order valence-electron chi connectivity index (χ4n) is 6.30. The van der Waals surface area contributed by atoms with Gasteiger partial charge in [0, 0.05) is 76.9 Å². The number of likely N-dealkylation sites (tertiary alicyclic amines) is 1. The first-order valence-electron chi connectivity index (χ1n) is 14.5. The number of aliphatic hydroxyl groups is 1. The average Bonchev–Trinajstić information content (AvgIpc) is 3.64. The maximum Gasteiger partial charge on any atom is 0.319 e. The second-order valence-electron chi connectivity index (χ2n) is 11.1. The highest BCUT2D eigenvalue weighted by Gasteiger charge is 2.48. The summed E-state index contributed by atoms with van der Waals surface area (Å²) in [7, 11) is 3.35. The number of hydrogen-bond acceptors (Lipinski definition) is 7. The number of rotatable bonds is 14. The normalized spacial score (nSPS) is 22.5. The molecule has 222 valence electrons. The molecule has 0 bridgehead atoms. The van der Waals surface area contributed by atoms with Crippen LogP contribution >= 0.6 is 0 Å². The zero-order chi connectivity index (χ0) is 28.8. The molecule has 2 saturated heterocycles. The first kappa shape index (κ1) is 29.9. The number of likely N-dealkylation sites (N-methyl/N-ethyl adjacent to an activating group) is 1. The first-order valence-corrected chi connectivity index (χ1v) is 14.5. The Bertz CT molecular complexity index is 1060. The third-order valence-corrected chi connectivity index (χ3v) is 8.51. The zero-order valence-electron chi connectivity index (χ0n) is 24.0. The van der Waals surface area contributed by atoms with E-state index in [4.69, 9.17) is 9.47 Å². The molecule has 3 aliphatic heterocycles. The van der Waals surface area contributed by atoms with Crippen molar-refractivity contribution in [2.45, 2.75) is 51.0 Å². The van der Waals surface area contributed by atoms with Crippen LogP contribution in [0, 0.1) is 5.92 Å². The third-order valence-electron chi connectivity index (χ3n) is 8.51. The van der Waals surface area contributed by atoms with Crippen LogP contribution in [0.25, 0.3) is 0 Å². The van der Waals surface area contributed by atoms with Crippen LogP contribution in [-0.4, -0.2) is 127 Å². The maximum atomic E-state index is 13.5. The fraction of sp³-hybridized carbons (Fsp3) is 0.690. The topological polar surface area (TPSA) is 123 Å². The molecule has 0 aromatic heterocycles. The number of nitrogens with zero attached hydrogens (tertiary/aromatic N) is 4. The predicted molar refractivity (Wildman–Crippen MR) is 149 cm³/mol. The smallest absolute Gasteiger partial charge is 0.319 e. The molecule has 2 fully saturated rings. The number of carboxylic acid groups (broad SMARTS) is 1. The van der Waals surface area contributed by atoms with Gasteiger partial charge in [-0.1, -0.05) is 19.4 Å². The first-order chi connectivity index (χ1) is 19.3. The summed E-state index contributed by atoms with van der Waals surface area (Å²) in [5.74, 6) is -0.766. The zero-order valence-corrected chi connectivity index (χ0v) is 24.0. The molecule has 11 nitrogen and oxygen atoms in total. The van der Waals surface area contributed by atoms with E-state index in [1.165, 1.54) is 0 Å². The highest BCUT2D eigenvalue weighted by Crippen LogP contribution is 2.44. The summed E-state index contributed by atoms with van der Waals surface area (Å²) in [6.45, 7) is 5.90. The quantitative estimate of drug-likeness (QED) is 0.354. The number of unbranched alkanes of at least 4 members (excludes halogenated alkanes) is 1. The molecule has 3 heterocycles. The van der Waals surface area contributed by atoms with Crippen LogP contribution in [0.2, 0.25) is 0 Å². The fourth-order valence-corrected chi connectivity index (χ4v) is 6.30. The Labute approximate surface area is 236 Å². The highest BCUT2D eigenvalue weighted by atomic mass is 16.5. The minimum atomic E-state index is -0.909. The van der Waals surface area contributed by atoms with Gasteiger partial charge in [0.1, 0.15) is 0 Å². The van der Waals surface area contributed by atoms with Gasteiger partial charge in [-0.15, -0.1) is 0 Å². The van der Waals surface area contributed by atoms with E-state index in [9.17, 15) is 24.6 Å². The summed E-state index contributed by atoms with van der Waals surface area (Å²) < 4.78 is 11.3. The number of amides is 3. The molecule has 3 aliphatic rings. The van der Waals surface area contributed by atoms with E-state index in [2.05, 4.69) is 6.92 Å². The Kier molecular flexibility index (Phi) is 10.1. The highest BCUT2D eigenvalue weighted by molar-refractivity contribution is 5.79. The van der Waals surface area contributed by atoms with Gasteiger partial charge in [0.05, 0.1) is 26.2 Å². The Morgan fingerprint density at radius 3 is 2.62 bits per heavy atom. The standard InChI is InChI=1S/C29H44N4O7/c1-4-5-9-31(10-6-14-34)25(35)19-33-18-22(21-16-20-8-15-40-27(20)24(17-21)39-3)26(28(36)37)23(33)7-11-32-13-12-30(2)29(32)38/h16-17,22-23,26,34H,4-15,18-19H2,1-3H3,(H,36,37)/t22-,23+,26?/m1/s1. The molecule has 40 heavy (non-hydrogen) atoms. The van der Waals surface area contributed by atoms with Crippen LogP contribution in [0.5, 0.6) is 11.5 Å². The lowest BCUT2D eigenvalue weighted by Gasteiger charge is -2.30. The molecular formula is C29H44N4O7. The van der Waals surface area contributed by atoms with Gasteiger partial charge in [0.15, 0.2) is 11.5 Å². The largest absolute Gasteiger partial charge is 0.493 e. The van der Waals surface area contributed by atoms with Crippen molar-refractivity contribution in [3.63, 3.8) is 0 Å². The number of aliphatic carboxylic acids is 1. The Morgan fingerprint density at radius 2 is 1.98 bits per heavy atom. The van der Waals surface area contributed by atoms with Crippen LogP contribution in [0.1, 0.15) is 49.7 Å². The molecule has 0 saturated carbocycles. The van der Waals surface area contributed by atoms with E-state index in [0.29, 0.717) is 70.2 Å². The lowest BCUT2D eigenvalue weighted by Crippen LogP contribution is -2.46. The van der Waals surface area contributed by atoms with Crippen LogP contribution < -0.4 is 9.47 Å². The number of methoxy groups -OCH3 is 1. The van der Waals surface area contributed by atoms with Crippen molar-refractivity contribution in [1.82, 2.24) is 19.6 Å². The summed E-state index contributed by atoms with van der Waals surface area (Å²) in [5.41, 5.74) is 1.87. The molecule has 0 radical (unpaired) electrons. The van der Waals surface area contributed by atoms with Crippen molar-refractivity contribution in [3.05, 3.63) is 23.3 Å². The van der Waals surface area contributed by atoms with Gasteiger partial charge in [-0.2, -0.15) is 0 Å². The van der Waals surface area contributed by atoms with Crippen LogP contribution in [0.4, 0.5) is 4.79 Å². The number of carbonyl (C=O) groups is 3. The number of benzene rings is 1. The Morgan fingerprint density at radius 1 is 1.20 bits per heavy atom. The van der Waals surface area contributed by atoms with Crippen LogP contribution in [0.15, 0.2) is 12.1 Å². The van der Waals surface area contributed by atoms with Gasteiger partial charge in [0.25, 0.3) is 0 Å². The lowest BCUT2D eigenvalue weighted by molar-refractivity contribution is -0.144. The summed E-state index contributed by atoms with van der Waals surface area (Å²) >= 11 is 0. The number of carboxylic acids is 1. The van der Waals surface area contributed by atoms with E-state index in [1.807, 2.05) is 17.0 Å². The molecule has 3 amide bonds. The van der Waals surface area contributed by atoms with Crippen LogP contribution in [-0.2, 0) is 16.0 Å². The molecule has 0 spiro atoms. The molecule has 2 N–H and O–H groups in total. The van der Waals surface area contributed by atoms with E-state index in [0.717, 1.165) is 30.4 Å². The minimum absolute atomic E-state index is 0.00753. The van der Waals surface area contributed by atoms with Gasteiger partial charge in [-0.25, -0.2) is 4.79 Å². The molecule has 1 aromatic carbocycles. The van der Waals surface area contributed by atoms with E-state index >= 15 is 0 Å². The molecule has 1 aromatic rings. The number of aliphatic hydroxyl groups excluding tert-OH is 1. The van der Waals surface area contributed by atoms with Crippen molar-refractivity contribution < 1.29 is 34.1 Å². The monoisotopic (exact) mass is 560 g/mol. The molecule has 4 rings (SSSR count). The van der Waals surface area contributed by atoms with Crippen LogP contribution in [0.3, 0.4) is 0 Å². The van der Waals surface area contributed by atoms with E-state index in [-0.39, 0.29) is 31.0 Å². The van der Waals surface area contributed by atoms with Crippen molar-refractivity contribution in [1.29, 1.82) is 0 Å². The molecule has 0 aliphatic carbocycles. The SMILES string of the molecule is CCCCN(CCCO)C(=O)CN1C[C@H](c2cc3c(c(OC)c2)OCC3)C(C(=O)O)[C@@H]1CCN1CCN(C)C1=O. The van der Waals surface area contributed by atoms with Crippen molar-refractivity contribution >= 4 is 17.9 Å². The summed E-state index contributed by atoms with van der Waals surface area (Å²) in [4.78, 5) is 46.2. The van der Waals surface area contributed by atoms with Crippen molar-refractivity contribution in [2.75, 3.05) is 73.2 Å². The Hall–Kier alpha value is -3.05. The summed E-state index contributed by atoms with van der Waals surface area (Å²) in [6.07, 6.45) is 3.50. The van der Waals surface area contributed by atoms with Crippen molar-refractivity contribution in [2.24, 2.45) is 5.92 Å². The molecule has 11 heteroatoms. The van der Waals surface area contributed by atoms with Gasteiger partial charge < -0.3 is 34.4 Å².